The molecule has 1 atom stereocenters. The second kappa shape index (κ2) is 6.90. The molecule has 0 heterocycles. The Balaban J connectivity index is 2.99. The average Bonchev–Trinajstić information content (AvgIpc) is 2.36. The molecule has 6 heteroatoms. The molecular formula is C13H15NO4S. The van der Waals surface area contributed by atoms with E-state index in [4.69, 9.17) is 5.26 Å². The maximum absolute atomic E-state index is 12.2. The Morgan fingerprint density at radius 1 is 1.37 bits per heavy atom. The monoisotopic (exact) mass is 281 g/mol. The van der Waals surface area contributed by atoms with Gasteiger partial charge >= 0.3 is 5.97 Å². The van der Waals surface area contributed by atoms with Crippen LogP contribution in [0.15, 0.2) is 30.3 Å². The highest BCUT2D eigenvalue weighted by atomic mass is 32.2. The van der Waals surface area contributed by atoms with Crippen molar-refractivity contribution in [2.45, 2.75) is 18.6 Å². The van der Waals surface area contributed by atoms with E-state index in [0.717, 1.165) is 0 Å². The number of esters is 1. The number of ether oxygens (including phenoxy) is 1. The van der Waals surface area contributed by atoms with Crippen LogP contribution in [0, 0.1) is 11.3 Å². The van der Waals surface area contributed by atoms with Crippen LogP contribution in [-0.2, 0) is 19.4 Å². The van der Waals surface area contributed by atoms with Crippen molar-refractivity contribution in [2.75, 3.05) is 12.4 Å². The Hall–Kier alpha value is -1.87. The van der Waals surface area contributed by atoms with Crippen LogP contribution < -0.4 is 0 Å². The van der Waals surface area contributed by atoms with Gasteiger partial charge in [0.1, 0.15) is 5.75 Å². The van der Waals surface area contributed by atoms with E-state index in [1.54, 1.807) is 37.3 Å². The molecule has 0 bridgehead atoms. The van der Waals surface area contributed by atoms with E-state index in [1.165, 1.54) is 0 Å². The Kier molecular flexibility index (Phi) is 5.52. The van der Waals surface area contributed by atoms with Crippen molar-refractivity contribution in [2.24, 2.45) is 0 Å². The lowest BCUT2D eigenvalue weighted by Gasteiger charge is -2.14. The molecule has 0 saturated heterocycles. The van der Waals surface area contributed by atoms with Crippen molar-refractivity contribution in [3.8, 4) is 6.07 Å². The fourth-order valence-corrected chi connectivity index (χ4v) is 3.18. The number of rotatable bonds is 6. The summed E-state index contributed by atoms with van der Waals surface area (Å²) in [4.78, 5) is 11.3. The first kappa shape index (κ1) is 15.2. The van der Waals surface area contributed by atoms with Gasteiger partial charge in [0.2, 0.25) is 0 Å². The number of carbonyl (C=O) groups excluding carboxylic acids is 1. The van der Waals surface area contributed by atoms with E-state index in [1.807, 2.05) is 6.07 Å². The Labute approximate surface area is 112 Å². The zero-order chi connectivity index (χ0) is 14.3. The van der Waals surface area contributed by atoms with Crippen molar-refractivity contribution < 1.29 is 17.9 Å². The molecule has 0 amide bonds. The predicted octanol–water partition coefficient (Wildman–Crippen LogP) is 1.62. The maximum Gasteiger partial charge on any atom is 0.321 e. The van der Waals surface area contributed by atoms with Crippen LogP contribution in [0.5, 0.6) is 0 Å². The summed E-state index contributed by atoms with van der Waals surface area (Å²) in [5.74, 6) is -1.50. The summed E-state index contributed by atoms with van der Waals surface area (Å²) in [6.45, 7) is 1.73. The van der Waals surface area contributed by atoms with Crippen LogP contribution in [0.4, 0.5) is 0 Å². The normalized spacial score (nSPS) is 12.4. The third-order valence-corrected chi connectivity index (χ3v) is 4.45. The molecule has 0 radical (unpaired) electrons. The SMILES string of the molecule is CCOC(=O)CS(=O)(=O)C(CC#N)c1ccccc1. The minimum Gasteiger partial charge on any atom is -0.465 e. The quantitative estimate of drug-likeness (QED) is 0.740. The number of benzene rings is 1. The van der Waals surface area contributed by atoms with E-state index in [-0.39, 0.29) is 13.0 Å². The van der Waals surface area contributed by atoms with Gasteiger partial charge in [0.25, 0.3) is 0 Å². The lowest BCUT2D eigenvalue weighted by atomic mass is 10.1. The summed E-state index contributed by atoms with van der Waals surface area (Å²) in [5.41, 5.74) is 0.508. The third kappa shape index (κ3) is 4.38. The number of nitriles is 1. The second-order valence-electron chi connectivity index (χ2n) is 3.87. The van der Waals surface area contributed by atoms with Crippen LogP contribution >= 0.6 is 0 Å². The van der Waals surface area contributed by atoms with Crippen LogP contribution in [0.2, 0.25) is 0 Å². The molecule has 0 aromatic heterocycles. The van der Waals surface area contributed by atoms with Crippen molar-refractivity contribution >= 4 is 15.8 Å². The highest BCUT2D eigenvalue weighted by Crippen LogP contribution is 2.26. The van der Waals surface area contributed by atoms with Crippen molar-refractivity contribution in [3.05, 3.63) is 35.9 Å². The molecule has 0 spiro atoms. The highest BCUT2D eigenvalue weighted by Gasteiger charge is 2.30. The van der Waals surface area contributed by atoms with Crippen molar-refractivity contribution in [1.29, 1.82) is 5.26 Å². The van der Waals surface area contributed by atoms with E-state index >= 15 is 0 Å². The zero-order valence-corrected chi connectivity index (χ0v) is 11.4. The van der Waals surface area contributed by atoms with E-state index in [9.17, 15) is 13.2 Å². The molecule has 0 aliphatic rings. The van der Waals surface area contributed by atoms with Gasteiger partial charge in [-0.1, -0.05) is 30.3 Å². The van der Waals surface area contributed by atoms with Crippen molar-refractivity contribution in [3.63, 3.8) is 0 Å². The molecule has 1 rings (SSSR count). The van der Waals surface area contributed by atoms with Gasteiger partial charge in [-0.05, 0) is 12.5 Å². The Bertz CT molecular complexity index is 560. The lowest BCUT2D eigenvalue weighted by molar-refractivity contribution is -0.139. The molecule has 0 saturated carbocycles. The van der Waals surface area contributed by atoms with Gasteiger partial charge in [-0.3, -0.25) is 4.79 Å². The number of carbonyl (C=O) groups is 1. The first-order valence-electron chi connectivity index (χ1n) is 5.80. The molecule has 19 heavy (non-hydrogen) atoms. The van der Waals surface area contributed by atoms with E-state index < -0.39 is 26.8 Å². The van der Waals surface area contributed by atoms with E-state index in [0.29, 0.717) is 5.56 Å². The summed E-state index contributed by atoms with van der Waals surface area (Å²) in [5, 5.41) is 7.77. The summed E-state index contributed by atoms with van der Waals surface area (Å²) in [6.07, 6.45) is -0.189. The first-order valence-corrected chi connectivity index (χ1v) is 7.52. The van der Waals surface area contributed by atoms with Gasteiger partial charge in [0.15, 0.2) is 9.84 Å². The molecule has 5 nitrogen and oxygen atoms in total. The summed E-state index contributed by atoms with van der Waals surface area (Å²) in [7, 11) is -3.76. The number of hydrogen-bond acceptors (Lipinski definition) is 5. The fourth-order valence-electron chi connectivity index (χ4n) is 1.67. The van der Waals surface area contributed by atoms with Crippen LogP contribution in [0.3, 0.4) is 0 Å². The first-order chi connectivity index (χ1) is 9.01. The standard InChI is InChI=1S/C13H15NO4S/c1-2-18-13(15)10-19(16,17)12(8-9-14)11-6-4-3-5-7-11/h3-7,12H,2,8,10H2,1H3. The lowest BCUT2D eigenvalue weighted by Crippen LogP contribution is -2.24. The van der Waals surface area contributed by atoms with Gasteiger partial charge in [0, 0.05) is 0 Å². The molecule has 1 aromatic carbocycles. The maximum atomic E-state index is 12.2. The minimum atomic E-state index is -3.76. The summed E-state index contributed by atoms with van der Waals surface area (Å²) in [6, 6.07) is 10.2. The second-order valence-corrected chi connectivity index (χ2v) is 6.06. The predicted molar refractivity (Wildman–Crippen MR) is 69.8 cm³/mol. The van der Waals surface area contributed by atoms with Crippen LogP contribution in [-0.4, -0.2) is 26.7 Å². The molecule has 1 aromatic rings. The molecular weight excluding hydrogens is 266 g/mol. The van der Waals surface area contributed by atoms with Crippen LogP contribution in [0.25, 0.3) is 0 Å². The fraction of sp³-hybridized carbons (Fsp3) is 0.385. The summed E-state index contributed by atoms with van der Waals surface area (Å²) >= 11 is 0. The van der Waals surface area contributed by atoms with Crippen molar-refractivity contribution in [1.82, 2.24) is 0 Å². The van der Waals surface area contributed by atoms with Gasteiger partial charge in [-0.2, -0.15) is 5.26 Å². The van der Waals surface area contributed by atoms with Gasteiger partial charge < -0.3 is 4.74 Å². The average molecular weight is 281 g/mol. The molecule has 0 aliphatic carbocycles. The highest BCUT2D eigenvalue weighted by molar-refractivity contribution is 7.92. The molecule has 0 N–H and O–H groups in total. The molecule has 0 aliphatic heterocycles. The third-order valence-electron chi connectivity index (χ3n) is 2.51. The largest absolute Gasteiger partial charge is 0.465 e. The van der Waals surface area contributed by atoms with Gasteiger partial charge in [0.05, 0.1) is 24.3 Å². The topological polar surface area (TPSA) is 84.2 Å². The van der Waals surface area contributed by atoms with Gasteiger partial charge in [-0.25, -0.2) is 8.42 Å². The van der Waals surface area contributed by atoms with Gasteiger partial charge in [-0.15, -0.1) is 0 Å². The van der Waals surface area contributed by atoms with E-state index in [2.05, 4.69) is 4.74 Å². The molecule has 0 fully saturated rings. The Morgan fingerprint density at radius 2 is 2.00 bits per heavy atom. The Morgan fingerprint density at radius 3 is 2.53 bits per heavy atom. The zero-order valence-electron chi connectivity index (χ0n) is 10.6. The number of sulfone groups is 1. The minimum absolute atomic E-state index is 0.128. The number of hydrogen-bond donors (Lipinski definition) is 0. The molecule has 1 unspecified atom stereocenters. The summed E-state index contributed by atoms with van der Waals surface area (Å²) < 4.78 is 28.9. The van der Waals surface area contributed by atoms with Crippen LogP contribution in [0.1, 0.15) is 24.2 Å². The molecule has 102 valence electrons. The smallest absolute Gasteiger partial charge is 0.321 e. The number of nitrogens with zero attached hydrogens (tertiary/aromatic N) is 1.